The molecule has 0 unspecified atom stereocenters. The molecule has 0 aliphatic carbocycles. The highest BCUT2D eigenvalue weighted by Gasteiger charge is 2.37. The van der Waals surface area contributed by atoms with Crippen molar-refractivity contribution in [2.24, 2.45) is 13.0 Å². The summed E-state index contributed by atoms with van der Waals surface area (Å²) in [5, 5.41) is 7.45. The number of likely N-dealkylation sites (tertiary alicyclic amines) is 1. The average Bonchev–Trinajstić information content (AvgIpc) is 3.59. The topological polar surface area (TPSA) is 101 Å². The molecular formula is C28H36N6O4. The molecule has 0 saturated carbocycles. The zero-order chi connectivity index (χ0) is 26.8. The predicted octanol–water partition coefficient (Wildman–Crippen LogP) is 2.44. The van der Waals surface area contributed by atoms with Crippen molar-refractivity contribution in [1.82, 2.24) is 29.3 Å². The number of rotatable bonds is 3. The molecule has 2 aliphatic rings. The molecule has 1 saturated heterocycles. The van der Waals surface area contributed by atoms with E-state index in [0.717, 1.165) is 17.7 Å². The summed E-state index contributed by atoms with van der Waals surface area (Å²) in [5.74, 6) is 0.599. The van der Waals surface area contributed by atoms with E-state index in [1.54, 1.807) is 21.8 Å². The summed E-state index contributed by atoms with van der Waals surface area (Å²) in [6, 6.07) is 7.68. The van der Waals surface area contributed by atoms with Gasteiger partial charge in [0.05, 0.1) is 25.4 Å². The third kappa shape index (κ3) is 5.39. The van der Waals surface area contributed by atoms with Crippen molar-refractivity contribution in [3.63, 3.8) is 0 Å². The maximum atomic E-state index is 13.6. The zero-order valence-electron chi connectivity index (χ0n) is 22.3. The predicted molar refractivity (Wildman–Crippen MR) is 142 cm³/mol. The van der Waals surface area contributed by atoms with Gasteiger partial charge in [-0.2, -0.15) is 5.10 Å². The lowest BCUT2D eigenvalue weighted by atomic mass is 9.94. The first-order valence-electron chi connectivity index (χ1n) is 13.4. The van der Waals surface area contributed by atoms with Crippen LogP contribution in [0.4, 0.5) is 0 Å². The van der Waals surface area contributed by atoms with Crippen LogP contribution in [0, 0.1) is 5.92 Å². The first-order chi connectivity index (χ1) is 18.3. The van der Waals surface area contributed by atoms with Gasteiger partial charge in [0, 0.05) is 51.4 Å². The minimum atomic E-state index is -0.260. The largest absolute Gasteiger partial charge is 0.494 e. The number of aromatic nitrogens is 3. The third-order valence-corrected chi connectivity index (χ3v) is 7.37. The van der Waals surface area contributed by atoms with E-state index in [1.807, 2.05) is 60.8 Å². The highest BCUT2D eigenvalue weighted by Crippen LogP contribution is 2.31. The van der Waals surface area contributed by atoms with Crippen molar-refractivity contribution >= 4 is 23.4 Å². The molecule has 3 amide bonds. The second-order valence-electron chi connectivity index (χ2n) is 10.8. The molecule has 10 heteroatoms. The van der Waals surface area contributed by atoms with E-state index in [4.69, 9.17) is 4.74 Å². The Labute approximate surface area is 222 Å². The summed E-state index contributed by atoms with van der Waals surface area (Å²) < 4.78 is 9.53. The number of imidazole rings is 1. The monoisotopic (exact) mass is 520 g/mol. The Kier molecular flexibility index (Phi) is 7.40. The van der Waals surface area contributed by atoms with Crippen LogP contribution in [0.25, 0.3) is 5.65 Å². The van der Waals surface area contributed by atoms with E-state index in [0.29, 0.717) is 50.3 Å². The lowest BCUT2D eigenvalue weighted by Crippen LogP contribution is -2.47. The van der Waals surface area contributed by atoms with Crippen LogP contribution in [0.15, 0.2) is 42.9 Å². The molecule has 38 heavy (non-hydrogen) atoms. The molecular weight excluding hydrogens is 484 g/mol. The number of carbonyl (C=O) groups is 3. The number of hydrogen-bond donors (Lipinski definition) is 1. The van der Waals surface area contributed by atoms with Crippen molar-refractivity contribution in [1.29, 1.82) is 0 Å². The van der Waals surface area contributed by atoms with Crippen LogP contribution < -0.4 is 10.1 Å². The number of benzene rings is 1. The van der Waals surface area contributed by atoms with Gasteiger partial charge in [0.1, 0.15) is 17.0 Å². The molecule has 10 nitrogen and oxygen atoms in total. The van der Waals surface area contributed by atoms with Crippen LogP contribution in [0.1, 0.15) is 54.9 Å². The fourth-order valence-corrected chi connectivity index (χ4v) is 5.45. The van der Waals surface area contributed by atoms with Crippen molar-refractivity contribution in [3.05, 3.63) is 54.0 Å². The van der Waals surface area contributed by atoms with Gasteiger partial charge in [-0.3, -0.25) is 14.4 Å². The highest BCUT2D eigenvalue weighted by atomic mass is 16.5. The van der Waals surface area contributed by atoms with Crippen LogP contribution in [-0.2, 0) is 16.6 Å². The smallest absolute Gasteiger partial charge is 0.259 e. The van der Waals surface area contributed by atoms with E-state index in [-0.39, 0.29) is 42.1 Å². The number of nitrogens with one attached hydrogen (secondary N) is 1. The standard InChI is InChI=1S/C28H36N6O4/c1-19(2)13-26(36)33-16-23-20-7-6-8-21(14-20)38-12-5-4-9-32(18-25(35)30-24(23)17-33)28(37)22-15-29-34-11-10-31(3)27(22)34/h6-8,10-11,14-15,19,23-24H,4-5,9,12-13,16-18H2,1-3H3,(H,30,35)/t23-,24+/m1/s1. The van der Waals surface area contributed by atoms with E-state index >= 15 is 0 Å². The van der Waals surface area contributed by atoms with Crippen LogP contribution in [0.3, 0.4) is 0 Å². The molecule has 1 aromatic carbocycles. The van der Waals surface area contributed by atoms with E-state index < -0.39 is 0 Å². The fraction of sp³-hybridized carbons (Fsp3) is 0.500. The number of carbonyl (C=O) groups excluding carboxylic acids is 3. The van der Waals surface area contributed by atoms with Gasteiger partial charge >= 0.3 is 0 Å². The van der Waals surface area contributed by atoms with E-state index in [2.05, 4.69) is 10.4 Å². The van der Waals surface area contributed by atoms with Gasteiger partial charge in [0.15, 0.2) is 0 Å². The lowest BCUT2D eigenvalue weighted by molar-refractivity contribution is -0.131. The highest BCUT2D eigenvalue weighted by molar-refractivity contribution is 6.01. The molecule has 4 heterocycles. The number of nitrogens with zero attached hydrogens (tertiary/aromatic N) is 5. The summed E-state index contributed by atoms with van der Waals surface area (Å²) in [7, 11) is 1.86. The summed E-state index contributed by atoms with van der Waals surface area (Å²) in [6.45, 7) is 5.90. The molecule has 1 N–H and O–H groups in total. The average molecular weight is 521 g/mol. The van der Waals surface area contributed by atoms with Crippen molar-refractivity contribution in [2.45, 2.75) is 45.1 Å². The molecule has 2 atom stereocenters. The zero-order valence-corrected chi connectivity index (χ0v) is 22.3. The molecule has 2 bridgehead atoms. The number of aryl methyl sites for hydroxylation is 1. The Bertz CT molecular complexity index is 1330. The van der Waals surface area contributed by atoms with Crippen LogP contribution >= 0.6 is 0 Å². The number of amides is 3. The van der Waals surface area contributed by atoms with Crippen LogP contribution in [-0.4, -0.2) is 80.5 Å². The van der Waals surface area contributed by atoms with Crippen LogP contribution in [0.5, 0.6) is 5.75 Å². The summed E-state index contributed by atoms with van der Waals surface area (Å²) in [4.78, 5) is 43.4. The van der Waals surface area contributed by atoms with Gasteiger partial charge in [-0.05, 0) is 36.5 Å². The normalized spacial score (nSPS) is 20.7. The Morgan fingerprint density at radius 1 is 1.16 bits per heavy atom. The lowest BCUT2D eigenvalue weighted by Gasteiger charge is -2.25. The Balaban J connectivity index is 1.40. The quantitative estimate of drug-likeness (QED) is 0.572. The summed E-state index contributed by atoms with van der Waals surface area (Å²) in [5.41, 5.74) is 2.18. The molecule has 3 aromatic rings. The van der Waals surface area contributed by atoms with Gasteiger partial charge in [0.2, 0.25) is 11.8 Å². The summed E-state index contributed by atoms with van der Waals surface area (Å²) >= 11 is 0. The first kappa shape index (κ1) is 25.8. The molecule has 2 aliphatic heterocycles. The van der Waals surface area contributed by atoms with E-state index in [1.165, 1.54) is 0 Å². The minimum Gasteiger partial charge on any atom is -0.494 e. The van der Waals surface area contributed by atoms with Crippen molar-refractivity contribution in [2.75, 3.05) is 32.8 Å². The number of ether oxygens (including phenoxy) is 1. The van der Waals surface area contributed by atoms with Gasteiger partial charge in [-0.1, -0.05) is 26.0 Å². The maximum absolute atomic E-state index is 13.6. The molecule has 0 radical (unpaired) electrons. The Morgan fingerprint density at radius 3 is 2.82 bits per heavy atom. The van der Waals surface area contributed by atoms with Gasteiger partial charge < -0.3 is 24.4 Å². The van der Waals surface area contributed by atoms with Gasteiger partial charge in [0.25, 0.3) is 5.91 Å². The SMILES string of the molecule is CC(C)CC(=O)N1C[C@@H]2NC(=O)CN(C(=O)c3cnn4ccn(C)c34)CCCCOc3cccc(c3)[C@H]2C1. The van der Waals surface area contributed by atoms with Gasteiger partial charge in [-0.15, -0.1) is 0 Å². The second-order valence-corrected chi connectivity index (χ2v) is 10.8. The molecule has 2 aromatic heterocycles. The van der Waals surface area contributed by atoms with Gasteiger partial charge in [-0.25, -0.2) is 4.52 Å². The Hall–Kier alpha value is -3.82. The first-order valence-corrected chi connectivity index (χ1v) is 13.4. The Morgan fingerprint density at radius 2 is 2.00 bits per heavy atom. The van der Waals surface area contributed by atoms with Crippen molar-refractivity contribution < 1.29 is 19.1 Å². The number of hydrogen-bond acceptors (Lipinski definition) is 5. The number of fused-ring (bicyclic) bond motifs is 5. The summed E-state index contributed by atoms with van der Waals surface area (Å²) in [6.07, 6.45) is 7.10. The fourth-order valence-electron chi connectivity index (χ4n) is 5.45. The second kappa shape index (κ2) is 10.9. The van der Waals surface area contributed by atoms with Crippen LogP contribution in [0.2, 0.25) is 0 Å². The third-order valence-electron chi connectivity index (χ3n) is 7.37. The molecule has 1 fully saturated rings. The van der Waals surface area contributed by atoms with Crippen molar-refractivity contribution in [3.8, 4) is 5.75 Å². The molecule has 0 spiro atoms. The molecule has 5 rings (SSSR count). The maximum Gasteiger partial charge on any atom is 0.259 e. The van der Waals surface area contributed by atoms with E-state index in [9.17, 15) is 14.4 Å². The molecule has 202 valence electrons. The minimum absolute atomic E-state index is 0.0648.